The molecule has 0 unspecified atom stereocenters. The predicted molar refractivity (Wildman–Crippen MR) is 62.6 cm³/mol. The van der Waals surface area contributed by atoms with Gasteiger partial charge in [-0.1, -0.05) is 24.8 Å². The van der Waals surface area contributed by atoms with Crippen LogP contribution in [0.2, 0.25) is 0 Å². The van der Waals surface area contributed by atoms with Crippen molar-refractivity contribution in [3.05, 3.63) is 59.7 Å². The summed E-state index contributed by atoms with van der Waals surface area (Å²) in [5, 5.41) is 0. The second-order valence-electron chi connectivity index (χ2n) is 3.70. The van der Waals surface area contributed by atoms with Gasteiger partial charge in [-0.05, 0) is 30.5 Å². The number of nitrogens with one attached hydrogen (secondary N) is 1. The molecule has 0 bridgehead atoms. The van der Waals surface area contributed by atoms with E-state index in [1.54, 1.807) is 6.33 Å². The van der Waals surface area contributed by atoms with Gasteiger partial charge in [0.15, 0.2) is 0 Å². The summed E-state index contributed by atoms with van der Waals surface area (Å²) in [6.07, 6.45) is 3.54. The summed E-state index contributed by atoms with van der Waals surface area (Å²) in [4.78, 5) is 7.17. The van der Waals surface area contributed by atoms with Gasteiger partial charge in [0.1, 0.15) is 0 Å². The van der Waals surface area contributed by atoms with Crippen LogP contribution in [0.1, 0.15) is 22.4 Å². The number of H-pyrrole nitrogens is 1. The van der Waals surface area contributed by atoms with Crippen LogP contribution < -0.4 is 0 Å². The second kappa shape index (κ2) is 3.73. The van der Waals surface area contributed by atoms with Crippen LogP contribution in [0.4, 0.5) is 0 Å². The summed E-state index contributed by atoms with van der Waals surface area (Å²) >= 11 is 0. The minimum absolute atomic E-state index is 0.910. The van der Waals surface area contributed by atoms with Crippen molar-refractivity contribution in [1.82, 2.24) is 9.97 Å². The molecular formula is C13H14N2. The van der Waals surface area contributed by atoms with Crippen molar-refractivity contribution in [1.29, 1.82) is 0 Å². The van der Waals surface area contributed by atoms with Crippen LogP contribution in [0.25, 0.3) is 5.57 Å². The van der Waals surface area contributed by atoms with Crippen LogP contribution in [0.5, 0.6) is 0 Å². The summed E-state index contributed by atoms with van der Waals surface area (Å²) in [6, 6.07) is 6.26. The van der Waals surface area contributed by atoms with Crippen LogP contribution in [0, 0.1) is 13.8 Å². The Morgan fingerprint density at radius 2 is 1.93 bits per heavy atom. The molecule has 1 N–H and O–H groups in total. The number of hydrogen-bond donors (Lipinski definition) is 1. The lowest BCUT2D eigenvalue weighted by atomic mass is 9.95. The molecule has 0 aliphatic heterocycles. The molecular weight excluding hydrogens is 184 g/mol. The fourth-order valence-corrected chi connectivity index (χ4v) is 1.84. The smallest absolute Gasteiger partial charge is 0.0927 e. The maximum absolute atomic E-state index is 4.22. The van der Waals surface area contributed by atoms with Gasteiger partial charge in [0.2, 0.25) is 0 Å². The van der Waals surface area contributed by atoms with E-state index in [4.69, 9.17) is 0 Å². The van der Waals surface area contributed by atoms with E-state index in [2.05, 4.69) is 48.6 Å². The molecule has 0 amide bonds. The Bertz CT molecular complexity index is 461. The molecule has 76 valence electrons. The Hall–Kier alpha value is -1.83. The second-order valence-corrected chi connectivity index (χ2v) is 3.70. The minimum atomic E-state index is 0.910. The third-order valence-electron chi connectivity index (χ3n) is 2.59. The van der Waals surface area contributed by atoms with Crippen LogP contribution in [0.15, 0.2) is 37.3 Å². The Kier molecular flexibility index (Phi) is 2.42. The Morgan fingerprint density at radius 3 is 2.47 bits per heavy atom. The molecule has 2 aromatic rings. The topological polar surface area (TPSA) is 28.7 Å². The Balaban J connectivity index is 2.51. The van der Waals surface area contributed by atoms with Gasteiger partial charge in [-0.3, -0.25) is 0 Å². The Morgan fingerprint density at radius 1 is 1.27 bits per heavy atom. The van der Waals surface area contributed by atoms with E-state index in [0.717, 1.165) is 11.3 Å². The zero-order valence-corrected chi connectivity index (χ0v) is 9.04. The monoisotopic (exact) mass is 198 g/mol. The van der Waals surface area contributed by atoms with Crippen molar-refractivity contribution < 1.29 is 0 Å². The van der Waals surface area contributed by atoms with E-state index in [-0.39, 0.29) is 0 Å². The zero-order chi connectivity index (χ0) is 10.8. The first-order valence-corrected chi connectivity index (χ1v) is 4.95. The molecule has 15 heavy (non-hydrogen) atoms. The maximum Gasteiger partial charge on any atom is 0.0927 e. The van der Waals surface area contributed by atoms with E-state index < -0.39 is 0 Å². The van der Waals surface area contributed by atoms with Crippen molar-refractivity contribution in [2.75, 3.05) is 0 Å². The van der Waals surface area contributed by atoms with Crippen LogP contribution in [0.3, 0.4) is 0 Å². The minimum Gasteiger partial charge on any atom is -0.351 e. The zero-order valence-electron chi connectivity index (χ0n) is 9.04. The van der Waals surface area contributed by atoms with Crippen LogP contribution >= 0.6 is 0 Å². The summed E-state index contributed by atoms with van der Waals surface area (Å²) in [5.74, 6) is 0. The number of imidazole rings is 1. The van der Waals surface area contributed by atoms with Crippen molar-refractivity contribution in [2.24, 2.45) is 0 Å². The fourth-order valence-electron chi connectivity index (χ4n) is 1.84. The van der Waals surface area contributed by atoms with Gasteiger partial charge in [-0.25, -0.2) is 4.98 Å². The maximum atomic E-state index is 4.22. The molecule has 1 aromatic carbocycles. The number of rotatable bonds is 2. The summed E-state index contributed by atoms with van der Waals surface area (Å²) in [7, 11) is 0. The van der Waals surface area contributed by atoms with E-state index >= 15 is 0 Å². The molecule has 0 spiro atoms. The van der Waals surface area contributed by atoms with Gasteiger partial charge < -0.3 is 4.98 Å². The first kappa shape index (κ1) is 9.71. The fraction of sp³-hybridized carbons (Fsp3) is 0.154. The van der Waals surface area contributed by atoms with E-state index in [1.165, 1.54) is 16.7 Å². The summed E-state index contributed by atoms with van der Waals surface area (Å²) in [6.45, 7) is 8.30. The third-order valence-corrected chi connectivity index (χ3v) is 2.59. The molecule has 0 fully saturated rings. The normalized spacial score (nSPS) is 10.3. The molecule has 1 aromatic heterocycles. The van der Waals surface area contributed by atoms with Crippen LogP contribution in [-0.2, 0) is 0 Å². The van der Waals surface area contributed by atoms with Gasteiger partial charge in [-0.15, -0.1) is 0 Å². The van der Waals surface area contributed by atoms with Gasteiger partial charge in [-0.2, -0.15) is 0 Å². The summed E-state index contributed by atoms with van der Waals surface area (Å²) < 4.78 is 0. The third kappa shape index (κ3) is 1.71. The van der Waals surface area contributed by atoms with Crippen molar-refractivity contribution in [2.45, 2.75) is 13.8 Å². The van der Waals surface area contributed by atoms with E-state index in [0.29, 0.717) is 0 Å². The lowest BCUT2D eigenvalue weighted by Gasteiger charge is -2.10. The summed E-state index contributed by atoms with van der Waals surface area (Å²) in [5.41, 5.74) is 5.56. The van der Waals surface area contributed by atoms with Crippen molar-refractivity contribution >= 4 is 5.57 Å². The van der Waals surface area contributed by atoms with E-state index in [9.17, 15) is 0 Å². The first-order valence-electron chi connectivity index (χ1n) is 4.95. The molecule has 0 aliphatic carbocycles. The molecule has 2 rings (SSSR count). The average molecular weight is 198 g/mol. The number of nitrogens with zero attached hydrogens (tertiary/aromatic N) is 1. The highest BCUT2D eigenvalue weighted by atomic mass is 14.9. The largest absolute Gasteiger partial charge is 0.351 e. The predicted octanol–water partition coefficient (Wildman–Crippen LogP) is 3.09. The number of benzene rings is 1. The van der Waals surface area contributed by atoms with Gasteiger partial charge in [0.05, 0.1) is 12.0 Å². The van der Waals surface area contributed by atoms with Gasteiger partial charge in [0.25, 0.3) is 0 Å². The van der Waals surface area contributed by atoms with E-state index in [1.807, 2.05) is 6.20 Å². The average Bonchev–Trinajstić information content (AvgIpc) is 2.69. The molecule has 0 aliphatic rings. The Labute approximate surface area is 89.7 Å². The molecule has 0 saturated heterocycles. The van der Waals surface area contributed by atoms with Gasteiger partial charge in [0, 0.05) is 11.8 Å². The van der Waals surface area contributed by atoms with Gasteiger partial charge >= 0.3 is 0 Å². The first-order chi connectivity index (χ1) is 7.20. The highest BCUT2D eigenvalue weighted by Gasteiger charge is 2.09. The number of hydrogen-bond acceptors (Lipinski definition) is 1. The molecule has 0 saturated carbocycles. The lowest BCUT2D eigenvalue weighted by Crippen LogP contribution is -1.93. The highest BCUT2D eigenvalue weighted by Crippen LogP contribution is 2.25. The van der Waals surface area contributed by atoms with Crippen LogP contribution in [-0.4, -0.2) is 9.97 Å². The highest BCUT2D eigenvalue weighted by molar-refractivity contribution is 5.79. The number of aromatic amines is 1. The molecule has 2 nitrogen and oxygen atoms in total. The number of aromatic nitrogens is 2. The number of aryl methyl sites for hydroxylation is 2. The molecule has 0 radical (unpaired) electrons. The molecule has 1 heterocycles. The van der Waals surface area contributed by atoms with Crippen molar-refractivity contribution in [3.63, 3.8) is 0 Å². The van der Waals surface area contributed by atoms with Crippen molar-refractivity contribution in [3.8, 4) is 0 Å². The lowest BCUT2D eigenvalue weighted by molar-refractivity contribution is 1.28. The standard InChI is InChI=1S/C13H14N2/c1-9-5-4-6-10(2)13(9)11(3)12-7-14-8-15-12/h4-8H,3H2,1-2H3,(H,14,15). The molecule has 2 heteroatoms. The SMILES string of the molecule is C=C(c1c[nH]cn1)c1c(C)cccc1C. The quantitative estimate of drug-likeness (QED) is 0.789. The molecule has 0 atom stereocenters.